The van der Waals surface area contributed by atoms with Crippen LogP contribution in [0.5, 0.6) is 0 Å². The van der Waals surface area contributed by atoms with Crippen LogP contribution < -0.4 is 4.90 Å². The first kappa shape index (κ1) is 17.0. The summed E-state index contributed by atoms with van der Waals surface area (Å²) in [5.41, 5.74) is 1.10. The fourth-order valence-corrected chi connectivity index (χ4v) is 5.06. The molecule has 2 aliphatic heterocycles. The second-order valence-corrected chi connectivity index (χ2v) is 8.55. The van der Waals surface area contributed by atoms with E-state index < -0.39 is 10.2 Å². The fourth-order valence-electron chi connectivity index (χ4n) is 3.26. The van der Waals surface area contributed by atoms with Gasteiger partial charge in [0.2, 0.25) is 0 Å². The highest BCUT2D eigenvalue weighted by Gasteiger charge is 2.32. The third-order valence-electron chi connectivity index (χ3n) is 4.65. The summed E-state index contributed by atoms with van der Waals surface area (Å²) in [6.45, 7) is 3.85. The lowest BCUT2D eigenvalue weighted by molar-refractivity contribution is 0.327. The molecule has 1 aromatic rings. The monoisotopic (exact) mass is 357 g/mol. The van der Waals surface area contributed by atoms with Crippen LogP contribution >= 0.6 is 11.6 Å². The fraction of sp³-hybridized carbons (Fsp3) is 0.625. The van der Waals surface area contributed by atoms with Crippen molar-refractivity contribution in [3.05, 3.63) is 29.3 Å². The van der Waals surface area contributed by atoms with Gasteiger partial charge in [-0.15, -0.1) is 0 Å². The van der Waals surface area contributed by atoms with Crippen LogP contribution in [-0.2, 0) is 10.2 Å². The second-order valence-electron chi connectivity index (χ2n) is 6.18. The standard InChI is InChI=1S/C16H24ClN3O2S/c17-15-5-7-16(8-6-15)18-11-13-20(14-12-18)23(21,22)19-9-3-1-2-4-10-19/h5-8H,1-4,9-14H2. The number of halogens is 1. The molecule has 3 rings (SSSR count). The van der Waals surface area contributed by atoms with Crippen molar-refractivity contribution in [1.82, 2.24) is 8.61 Å². The van der Waals surface area contributed by atoms with E-state index >= 15 is 0 Å². The quantitative estimate of drug-likeness (QED) is 0.835. The minimum absolute atomic E-state index is 0.543. The zero-order valence-corrected chi connectivity index (χ0v) is 14.9. The summed E-state index contributed by atoms with van der Waals surface area (Å²) < 4.78 is 28.9. The summed E-state index contributed by atoms with van der Waals surface area (Å²) in [7, 11) is -3.30. The Morgan fingerprint density at radius 1 is 0.739 bits per heavy atom. The molecule has 0 radical (unpaired) electrons. The molecule has 2 heterocycles. The van der Waals surface area contributed by atoms with Crippen molar-refractivity contribution < 1.29 is 8.42 Å². The van der Waals surface area contributed by atoms with E-state index in [1.54, 1.807) is 8.61 Å². The molecule has 0 saturated carbocycles. The molecule has 23 heavy (non-hydrogen) atoms. The molecule has 1 aromatic carbocycles. The highest BCUT2D eigenvalue weighted by molar-refractivity contribution is 7.86. The molecule has 0 atom stereocenters. The number of piperazine rings is 1. The van der Waals surface area contributed by atoms with E-state index in [2.05, 4.69) is 4.90 Å². The summed E-state index contributed by atoms with van der Waals surface area (Å²) in [6, 6.07) is 7.72. The Kier molecular flexibility index (Phi) is 5.46. The average molecular weight is 358 g/mol. The molecule has 0 spiro atoms. The Hall–Kier alpha value is -0.820. The zero-order chi connectivity index (χ0) is 16.3. The topological polar surface area (TPSA) is 43.9 Å². The molecule has 0 bridgehead atoms. The number of anilines is 1. The van der Waals surface area contributed by atoms with E-state index in [0.29, 0.717) is 39.3 Å². The van der Waals surface area contributed by atoms with Gasteiger partial charge in [0.1, 0.15) is 0 Å². The van der Waals surface area contributed by atoms with E-state index in [1.165, 1.54) is 0 Å². The molecule has 0 unspecified atom stereocenters. The van der Waals surface area contributed by atoms with Gasteiger partial charge in [0, 0.05) is 50.0 Å². The smallest absolute Gasteiger partial charge is 0.282 e. The van der Waals surface area contributed by atoms with Crippen molar-refractivity contribution in [2.45, 2.75) is 25.7 Å². The zero-order valence-electron chi connectivity index (χ0n) is 13.3. The molecule has 2 fully saturated rings. The number of rotatable bonds is 3. The van der Waals surface area contributed by atoms with Crippen LogP contribution in [0.1, 0.15) is 25.7 Å². The maximum absolute atomic E-state index is 12.8. The molecule has 128 valence electrons. The molecule has 5 nitrogen and oxygen atoms in total. The normalized spacial score (nSPS) is 22.0. The van der Waals surface area contributed by atoms with Gasteiger partial charge < -0.3 is 4.90 Å². The minimum atomic E-state index is -3.30. The summed E-state index contributed by atoms with van der Waals surface area (Å²) >= 11 is 5.92. The van der Waals surface area contributed by atoms with Gasteiger partial charge in [-0.1, -0.05) is 24.4 Å². The summed E-state index contributed by atoms with van der Waals surface area (Å²) in [5, 5.41) is 0.719. The van der Waals surface area contributed by atoms with Crippen molar-refractivity contribution >= 4 is 27.5 Å². The number of benzene rings is 1. The lowest BCUT2D eigenvalue weighted by Crippen LogP contribution is -2.53. The number of hydrogen-bond donors (Lipinski definition) is 0. The number of hydrogen-bond acceptors (Lipinski definition) is 3. The van der Waals surface area contributed by atoms with E-state index in [4.69, 9.17) is 11.6 Å². The maximum atomic E-state index is 12.8. The van der Waals surface area contributed by atoms with Crippen molar-refractivity contribution in [2.24, 2.45) is 0 Å². The molecular formula is C16H24ClN3O2S. The first-order chi connectivity index (χ1) is 11.1. The van der Waals surface area contributed by atoms with E-state index in [9.17, 15) is 8.42 Å². The van der Waals surface area contributed by atoms with Gasteiger partial charge in [-0.05, 0) is 37.1 Å². The second kappa shape index (κ2) is 7.38. The Balaban J connectivity index is 1.62. The molecule has 0 N–H and O–H groups in total. The number of nitrogens with zero attached hydrogens (tertiary/aromatic N) is 3. The van der Waals surface area contributed by atoms with Crippen LogP contribution in [0, 0.1) is 0 Å². The van der Waals surface area contributed by atoms with Gasteiger partial charge in [0.15, 0.2) is 0 Å². The molecule has 0 aliphatic carbocycles. The van der Waals surface area contributed by atoms with Gasteiger partial charge in [-0.25, -0.2) is 0 Å². The van der Waals surface area contributed by atoms with Gasteiger partial charge in [-0.3, -0.25) is 0 Å². The van der Waals surface area contributed by atoms with Crippen LogP contribution in [0.3, 0.4) is 0 Å². The lowest BCUT2D eigenvalue weighted by Gasteiger charge is -2.37. The average Bonchev–Trinajstić information content (AvgIpc) is 2.85. The van der Waals surface area contributed by atoms with Gasteiger partial charge in [0.05, 0.1) is 0 Å². The van der Waals surface area contributed by atoms with Crippen LogP contribution in [0.2, 0.25) is 5.02 Å². The SMILES string of the molecule is O=S(=O)(N1CCCCCC1)N1CCN(c2ccc(Cl)cc2)CC1. The van der Waals surface area contributed by atoms with Crippen LogP contribution in [0.25, 0.3) is 0 Å². The largest absolute Gasteiger partial charge is 0.369 e. The van der Waals surface area contributed by atoms with E-state index in [-0.39, 0.29) is 0 Å². The molecule has 2 saturated heterocycles. The van der Waals surface area contributed by atoms with Gasteiger partial charge in [0.25, 0.3) is 10.2 Å². The highest BCUT2D eigenvalue weighted by atomic mass is 35.5. The highest BCUT2D eigenvalue weighted by Crippen LogP contribution is 2.22. The first-order valence-electron chi connectivity index (χ1n) is 8.33. The maximum Gasteiger partial charge on any atom is 0.282 e. The van der Waals surface area contributed by atoms with Crippen LogP contribution in [-0.4, -0.2) is 56.3 Å². The van der Waals surface area contributed by atoms with Crippen molar-refractivity contribution in [1.29, 1.82) is 0 Å². The Labute approximate surface area is 144 Å². The van der Waals surface area contributed by atoms with E-state index in [0.717, 1.165) is 36.4 Å². The summed E-state index contributed by atoms with van der Waals surface area (Å²) in [5.74, 6) is 0. The van der Waals surface area contributed by atoms with Gasteiger partial charge >= 0.3 is 0 Å². The minimum Gasteiger partial charge on any atom is -0.369 e. The Bertz CT molecular complexity index is 605. The predicted molar refractivity (Wildman–Crippen MR) is 94.2 cm³/mol. The first-order valence-corrected chi connectivity index (χ1v) is 10.1. The lowest BCUT2D eigenvalue weighted by atomic mass is 10.2. The predicted octanol–water partition coefficient (Wildman–Crippen LogP) is 2.58. The van der Waals surface area contributed by atoms with Crippen LogP contribution in [0.15, 0.2) is 24.3 Å². The van der Waals surface area contributed by atoms with Gasteiger partial charge in [-0.2, -0.15) is 17.0 Å². The molecule has 0 amide bonds. The third kappa shape index (κ3) is 3.99. The molecule has 0 aromatic heterocycles. The van der Waals surface area contributed by atoms with Crippen molar-refractivity contribution in [2.75, 3.05) is 44.2 Å². The molecular weight excluding hydrogens is 334 g/mol. The summed E-state index contributed by atoms with van der Waals surface area (Å²) in [4.78, 5) is 2.21. The Morgan fingerprint density at radius 3 is 1.83 bits per heavy atom. The van der Waals surface area contributed by atoms with Crippen LogP contribution in [0.4, 0.5) is 5.69 Å². The third-order valence-corrected chi connectivity index (χ3v) is 6.94. The van der Waals surface area contributed by atoms with E-state index in [1.807, 2.05) is 24.3 Å². The van der Waals surface area contributed by atoms with Crippen molar-refractivity contribution in [3.8, 4) is 0 Å². The molecule has 2 aliphatic rings. The van der Waals surface area contributed by atoms with Crippen molar-refractivity contribution in [3.63, 3.8) is 0 Å². The Morgan fingerprint density at radius 2 is 1.26 bits per heavy atom. The molecule has 7 heteroatoms. The summed E-state index contributed by atoms with van der Waals surface area (Å²) in [6.07, 6.45) is 4.22.